The van der Waals surface area contributed by atoms with Crippen molar-refractivity contribution in [3.8, 4) is 0 Å². The van der Waals surface area contributed by atoms with E-state index in [-0.39, 0.29) is 35.2 Å². The lowest BCUT2D eigenvalue weighted by atomic mass is 10.1. The quantitative estimate of drug-likeness (QED) is 0.746. The van der Waals surface area contributed by atoms with Crippen LogP contribution in [0, 0.1) is 6.92 Å². The zero-order valence-electron chi connectivity index (χ0n) is 16.4. The highest BCUT2D eigenvalue weighted by molar-refractivity contribution is 7.15. The van der Waals surface area contributed by atoms with Crippen LogP contribution in [-0.2, 0) is 22.3 Å². The van der Waals surface area contributed by atoms with Crippen LogP contribution < -0.4 is 5.32 Å². The van der Waals surface area contributed by atoms with Crippen molar-refractivity contribution in [3.63, 3.8) is 0 Å². The van der Waals surface area contributed by atoms with Gasteiger partial charge in [-0.05, 0) is 12.5 Å². The molecule has 3 rings (SSSR count). The first-order valence-corrected chi connectivity index (χ1v) is 10.3. The van der Waals surface area contributed by atoms with Gasteiger partial charge in [0.2, 0.25) is 22.0 Å². The van der Waals surface area contributed by atoms with E-state index in [0.717, 1.165) is 19.6 Å². The first-order valence-electron chi connectivity index (χ1n) is 9.47. The molecular weight excluding hydrogens is 419 g/mol. The summed E-state index contributed by atoms with van der Waals surface area (Å²) in [6.07, 6.45) is -4.73. The molecule has 1 aromatic heterocycles. The predicted molar refractivity (Wildman–Crippen MR) is 106 cm³/mol. The Hall–Kier alpha value is -2.53. The third kappa shape index (κ3) is 6.23. The number of aromatic nitrogens is 2. The van der Waals surface area contributed by atoms with E-state index in [1.807, 2.05) is 6.92 Å². The molecule has 1 aliphatic rings. The molecule has 0 aliphatic carbocycles. The Labute approximate surface area is 175 Å². The van der Waals surface area contributed by atoms with Crippen molar-refractivity contribution >= 4 is 28.3 Å². The third-order valence-corrected chi connectivity index (χ3v) is 5.62. The number of carbonyl (C=O) groups is 2. The molecule has 7 nitrogen and oxygen atoms in total. The highest BCUT2D eigenvalue weighted by atomic mass is 32.1. The van der Waals surface area contributed by atoms with Crippen molar-refractivity contribution in [2.24, 2.45) is 0 Å². The van der Waals surface area contributed by atoms with Crippen molar-refractivity contribution < 1.29 is 22.8 Å². The smallest absolute Gasteiger partial charge is 0.340 e. The maximum absolute atomic E-state index is 12.5. The van der Waals surface area contributed by atoms with Crippen LogP contribution in [0.1, 0.15) is 29.0 Å². The van der Waals surface area contributed by atoms with Crippen molar-refractivity contribution in [1.29, 1.82) is 0 Å². The van der Waals surface area contributed by atoms with Gasteiger partial charge in [-0.25, -0.2) is 0 Å². The van der Waals surface area contributed by atoms with Crippen molar-refractivity contribution in [1.82, 2.24) is 20.0 Å². The number of anilines is 1. The second-order valence-electron chi connectivity index (χ2n) is 7.10. The summed E-state index contributed by atoms with van der Waals surface area (Å²) in [6, 6.07) is 8.35. The maximum Gasteiger partial charge on any atom is 0.445 e. The fraction of sp³-hybridized carbons (Fsp3) is 0.474. The molecule has 1 aromatic carbocycles. The number of alkyl halides is 3. The molecule has 0 spiro atoms. The van der Waals surface area contributed by atoms with Crippen LogP contribution in [0.3, 0.4) is 0 Å². The molecule has 0 unspecified atom stereocenters. The van der Waals surface area contributed by atoms with Gasteiger partial charge in [-0.2, -0.15) is 13.2 Å². The van der Waals surface area contributed by atoms with Gasteiger partial charge in [0.05, 0.1) is 0 Å². The van der Waals surface area contributed by atoms with Crippen LogP contribution in [0.15, 0.2) is 24.3 Å². The molecular formula is C19H22F3N5O2S. The van der Waals surface area contributed by atoms with Gasteiger partial charge in [0.25, 0.3) is 0 Å². The average Bonchev–Trinajstić information content (AvgIpc) is 3.17. The molecule has 1 N–H and O–H groups in total. The number of hydrogen-bond acceptors (Lipinski definition) is 6. The number of piperazine rings is 1. The minimum absolute atomic E-state index is 0.00523. The summed E-state index contributed by atoms with van der Waals surface area (Å²) in [7, 11) is 0. The van der Waals surface area contributed by atoms with Gasteiger partial charge in [-0.15, -0.1) is 10.2 Å². The fourth-order valence-electron chi connectivity index (χ4n) is 3.06. The molecule has 1 aliphatic heterocycles. The summed E-state index contributed by atoms with van der Waals surface area (Å²) in [5.41, 5.74) is 2.44. The summed E-state index contributed by atoms with van der Waals surface area (Å²) in [4.78, 5) is 28.2. The van der Waals surface area contributed by atoms with E-state index >= 15 is 0 Å². The molecule has 1 saturated heterocycles. The predicted octanol–water partition coefficient (Wildman–Crippen LogP) is 2.93. The van der Waals surface area contributed by atoms with E-state index in [9.17, 15) is 22.8 Å². The zero-order chi connectivity index (χ0) is 21.7. The zero-order valence-corrected chi connectivity index (χ0v) is 17.2. The molecule has 2 heterocycles. The van der Waals surface area contributed by atoms with Crippen LogP contribution in [0.4, 0.5) is 18.3 Å². The number of rotatable bonds is 6. The topological polar surface area (TPSA) is 78.4 Å². The molecule has 1 fully saturated rings. The summed E-state index contributed by atoms with van der Waals surface area (Å²) in [5.74, 6) is -0.709. The lowest BCUT2D eigenvalue weighted by Gasteiger charge is -2.34. The maximum atomic E-state index is 12.5. The van der Waals surface area contributed by atoms with E-state index in [4.69, 9.17) is 0 Å². The second kappa shape index (κ2) is 9.52. The Kier molecular flexibility index (Phi) is 7.03. The highest BCUT2D eigenvalue weighted by Crippen LogP contribution is 2.33. The van der Waals surface area contributed by atoms with E-state index < -0.39 is 17.1 Å². The Balaban J connectivity index is 1.38. The largest absolute Gasteiger partial charge is 0.445 e. The molecule has 0 bridgehead atoms. The van der Waals surface area contributed by atoms with Gasteiger partial charge in [0.1, 0.15) is 0 Å². The third-order valence-electron chi connectivity index (χ3n) is 4.73. The Morgan fingerprint density at radius 2 is 1.73 bits per heavy atom. The fourth-order valence-corrected chi connectivity index (χ4v) is 3.68. The van der Waals surface area contributed by atoms with E-state index in [0.29, 0.717) is 13.1 Å². The van der Waals surface area contributed by atoms with E-state index in [1.165, 1.54) is 11.1 Å². The lowest BCUT2D eigenvalue weighted by molar-refractivity contribution is -0.138. The van der Waals surface area contributed by atoms with Crippen LogP contribution in [0.2, 0.25) is 0 Å². The molecule has 0 saturated carbocycles. The molecule has 0 radical (unpaired) electrons. The van der Waals surface area contributed by atoms with Crippen molar-refractivity contribution in [2.75, 3.05) is 31.5 Å². The highest BCUT2D eigenvalue weighted by Gasteiger charge is 2.35. The summed E-state index contributed by atoms with van der Waals surface area (Å²) in [6.45, 7) is 5.53. The number of carbonyl (C=O) groups excluding carboxylic acids is 2. The summed E-state index contributed by atoms with van der Waals surface area (Å²) < 4.78 is 37.5. The molecule has 11 heteroatoms. The van der Waals surface area contributed by atoms with Gasteiger partial charge in [-0.1, -0.05) is 41.2 Å². The van der Waals surface area contributed by atoms with E-state index in [1.54, 1.807) is 4.90 Å². The lowest BCUT2D eigenvalue weighted by Crippen LogP contribution is -2.48. The molecule has 2 amide bonds. The summed E-state index contributed by atoms with van der Waals surface area (Å²) in [5, 5.41) is 7.20. The monoisotopic (exact) mass is 441 g/mol. The SMILES string of the molecule is Cc1ccc(CN2CCN(C(=O)CCC(=O)Nc3nnc(C(F)(F)F)s3)CC2)cc1. The van der Waals surface area contributed by atoms with Gasteiger partial charge in [0.15, 0.2) is 0 Å². The van der Waals surface area contributed by atoms with Crippen LogP contribution >= 0.6 is 11.3 Å². The van der Waals surface area contributed by atoms with Crippen molar-refractivity contribution in [2.45, 2.75) is 32.5 Å². The molecule has 0 atom stereocenters. The number of benzene rings is 1. The summed E-state index contributed by atoms with van der Waals surface area (Å²) >= 11 is 0.252. The van der Waals surface area contributed by atoms with E-state index in [2.05, 4.69) is 44.7 Å². The standard InChI is InChI=1S/C19H22F3N5O2S/c1-13-2-4-14(5-3-13)12-26-8-10-27(11-9-26)16(29)7-6-15(28)23-18-25-24-17(30-18)19(20,21)22/h2-5H,6-12H2,1H3,(H,23,25,28). The number of halogens is 3. The molecule has 2 aromatic rings. The first kappa shape index (κ1) is 22.2. The Morgan fingerprint density at radius 3 is 2.33 bits per heavy atom. The minimum atomic E-state index is -4.60. The number of amides is 2. The number of hydrogen-bond donors (Lipinski definition) is 1. The van der Waals surface area contributed by atoms with Gasteiger partial charge in [0, 0.05) is 45.6 Å². The van der Waals surface area contributed by atoms with Gasteiger partial charge < -0.3 is 10.2 Å². The Bertz CT molecular complexity index is 877. The van der Waals surface area contributed by atoms with Gasteiger partial charge in [-0.3, -0.25) is 14.5 Å². The minimum Gasteiger partial charge on any atom is -0.340 e. The average molecular weight is 441 g/mol. The second-order valence-corrected chi connectivity index (χ2v) is 8.08. The number of nitrogens with one attached hydrogen (secondary N) is 1. The van der Waals surface area contributed by atoms with Crippen LogP contribution in [-0.4, -0.2) is 58.0 Å². The van der Waals surface area contributed by atoms with Crippen LogP contribution in [0.5, 0.6) is 0 Å². The van der Waals surface area contributed by atoms with Crippen LogP contribution in [0.25, 0.3) is 0 Å². The molecule has 30 heavy (non-hydrogen) atoms. The van der Waals surface area contributed by atoms with Crippen molar-refractivity contribution in [3.05, 3.63) is 40.4 Å². The number of nitrogens with zero attached hydrogens (tertiary/aromatic N) is 4. The normalized spacial score (nSPS) is 15.3. The molecule has 162 valence electrons. The first-order chi connectivity index (χ1) is 14.2. The van der Waals surface area contributed by atoms with Gasteiger partial charge >= 0.3 is 6.18 Å². The number of aryl methyl sites for hydroxylation is 1. The Morgan fingerprint density at radius 1 is 1.07 bits per heavy atom.